The zero-order chi connectivity index (χ0) is 24.4. The average molecular weight is 510 g/mol. The molecule has 5 rings (SSSR count). The number of ether oxygens (including phenoxy) is 1. The lowest BCUT2D eigenvalue weighted by atomic mass is 10.1. The summed E-state index contributed by atoms with van der Waals surface area (Å²) >= 11 is 7.95. The standard InChI is InChI=1S/C27H25ClFN3O2S/c1-34-20-8-10-23-22(16-20)26(21-9-5-18(28)15-24(21)31-23)30-12-2-13-32-25(33)11-14-35-27(32)17-3-6-19(29)7-4-17/h3-10,15-16,27H,2,11-14H2,1H3,(H,30,31). The molecular formula is C27H25ClFN3O2S. The highest BCUT2D eigenvalue weighted by molar-refractivity contribution is 7.99. The third-order valence-electron chi connectivity index (χ3n) is 6.17. The SMILES string of the molecule is COc1ccc2nc3cc(Cl)ccc3c(NCCCN3C(=O)CCSC3c3ccc(F)cc3)c2c1. The average Bonchev–Trinajstić information content (AvgIpc) is 2.86. The van der Waals surface area contributed by atoms with E-state index in [-0.39, 0.29) is 17.1 Å². The summed E-state index contributed by atoms with van der Waals surface area (Å²) in [5.41, 5.74) is 3.58. The van der Waals surface area contributed by atoms with E-state index in [1.165, 1.54) is 12.1 Å². The third-order valence-corrected chi connectivity index (χ3v) is 7.69. The smallest absolute Gasteiger partial charge is 0.224 e. The van der Waals surface area contributed by atoms with Crippen LogP contribution >= 0.6 is 23.4 Å². The number of carbonyl (C=O) groups is 1. The van der Waals surface area contributed by atoms with Crippen LogP contribution in [0.2, 0.25) is 5.02 Å². The number of carbonyl (C=O) groups excluding carboxylic acids is 1. The van der Waals surface area contributed by atoms with E-state index in [0.717, 1.165) is 51.0 Å². The summed E-state index contributed by atoms with van der Waals surface area (Å²) in [7, 11) is 1.65. The van der Waals surface area contributed by atoms with Crippen LogP contribution in [0.5, 0.6) is 5.75 Å². The number of rotatable bonds is 7. The lowest BCUT2D eigenvalue weighted by Gasteiger charge is -2.35. The second kappa shape index (κ2) is 10.3. The Morgan fingerprint density at radius 3 is 2.74 bits per heavy atom. The summed E-state index contributed by atoms with van der Waals surface area (Å²) in [6.07, 6.45) is 1.28. The number of anilines is 1. The van der Waals surface area contributed by atoms with Crippen LogP contribution < -0.4 is 10.1 Å². The number of thioether (sulfide) groups is 1. The monoisotopic (exact) mass is 509 g/mol. The van der Waals surface area contributed by atoms with E-state index in [9.17, 15) is 9.18 Å². The predicted octanol–water partition coefficient (Wildman–Crippen LogP) is 6.66. The molecule has 1 N–H and O–H groups in total. The molecule has 1 fully saturated rings. The zero-order valence-corrected chi connectivity index (χ0v) is 20.8. The summed E-state index contributed by atoms with van der Waals surface area (Å²) in [4.78, 5) is 19.4. The third kappa shape index (κ3) is 5.02. The van der Waals surface area contributed by atoms with Crippen molar-refractivity contribution < 1.29 is 13.9 Å². The maximum absolute atomic E-state index is 13.4. The molecule has 1 aromatic heterocycles. The van der Waals surface area contributed by atoms with Crippen LogP contribution in [0, 0.1) is 5.82 Å². The molecule has 0 spiro atoms. The topological polar surface area (TPSA) is 54.5 Å². The molecular weight excluding hydrogens is 485 g/mol. The Balaban J connectivity index is 1.36. The molecule has 1 saturated heterocycles. The maximum atomic E-state index is 13.4. The van der Waals surface area contributed by atoms with Gasteiger partial charge in [0, 0.05) is 41.1 Å². The minimum atomic E-state index is -0.272. The Hall–Kier alpha value is -3.03. The normalized spacial score (nSPS) is 16.1. The van der Waals surface area contributed by atoms with Crippen LogP contribution in [0.1, 0.15) is 23.8 Å². The second-order valence-corrected chi connectivity index (χ2v) is 10.0. The lowest BCUT2D eigenvalue weighted by Crippen LogP contribution is -2.38. The van der Waals surface area contributed by atoms with Crippen molar-refractivity contribution in [2.45, 2.75) is 18.2 Å². The zero-order valence-electron chi connectivity index (χ0n) is 19.3. The van der Waals surface area contributed by atoms with E-state index in [2.05, 4.69) is 5.32 Å². The van der Waals surface area contributed by atoms with Crippen LogP contribution in [0.25, 0.3) is 21.8 Å². The maximum Gasteiger partial charge on any atom is 0.224 e. The quantitative estimate of drug-likeness (QED) is 0.223. The van der Waals surface area contributed by atoms with Crippen molar-refractivity contribution in [1.29, 1.82) is 0 Å². The first kappa shape index (κ1) is 23.7. The summed E-state index contributed by atoms with van der Waals surface area (Å²) in [5.74, 6) is 1.40. The Bertz CT molecular complexity index is 1380. The van der Waals surface area contributed by atoms with Crippen LogP contribution in [0.4, 0.5) is 10.1 Å². The van der Waals surface area contributed by atoms with Gasteiger partial charge in [0.25, 0.3) is 0 Å². The number of methoxy groups -OCH3 is 1. The molecule has 5 nitrogen and oxygen atoms in total. The molecule has 1 atom stereocenters. The Labute approximate surface area is 212 Å². The van der Waals surface area contributed by atoms with Gasteiger partial charge in [0.15, 0.2) is 0 Å². The number of nitrogens with one attached hydrogen (secondary N) is 1. The Morgan fingerprint density at radius 2 is 1.94 bits per heavy atom. The second-order valence-electron chi connectivity index (χ2n) is 8.42. The fourth-order valence-corrected chi connectivity index (χ4v) is 5.88. The fourth-order valence-electron chi connectivity index (χ4n) is 4.44. The van der Waals surface area contributed by atoms with Crippen molar-refractivity contribution in [3.05, 3.63) is 77.1 Å². The number of fused-ring (bicyclic) bond motifs is 2. The Morgan fingerprint density at radius 1 is 1.11 bits per heavy atom. The van der Waals surface area contributed by atoms with Gasteiger partial charge in [-0.2, -0.15) is 0 Å². The molecule has 2 heterocycles. The number of hydrogen-bond acceptors (Lipinski definition) is 5. The number of hydrogen-bond donors (Lipinski definition) is 1. The highest BCUT2D eigenvalue weighted by atomic mass is 35.5. The van der Waals surface area contributed by atoms with Crippen LogP contribution in [0.15, 0.2) is 60.7 Å². The predicted molar refractivity (Wildman–Crippen MR) is 142 cm³/mol. The van der Waals surface area contributed by atoms with Crippen molar-refractivity contribution in [3.8, 4) is 5.75 Å². The van der Waals surface area contributed by atoms with Gasteiger partial charge in [0.05, 0.1) is 23.8 Å². The van der Waals surface area contributed by atoms with Crippen LogP contribution in [-0.4, -0.2) is 41.7 Å². The molecule has 0 bridgehead atoms. The van der Waals surface area contributed by atoms with Gasteiger partial charge in [-0.25, -0.2) is 9.37 Å². The van der Waals surface area contributed by atoms with Gasteiger partial charge in [-0.15, -0.1) is 11.8 Å². The van der Waals surface area contributed by atoms with Gasteiger partial charge >= 0.3 is 0 Å². The molecule has 1 unspecified atom stereocenters. The van der Waals surface area contributed by atoms with Crippen molar-refractivity contribution in [2.24, 2.45) is 0 Å². The molecule has 35 heavy (non-hydrogen) atoms. The molecule has 1 amide bonds. The number of aromatic nitrogens is 1. The molecule has 4 aromatic rings. The van der Waals surface area contributed by atoms with E-state index in [1.807, 2.05) is 41.3 Å². The molecule has 3 aromatic carbocycles. The van der Waals surface area contributed by atoms with Crippen LogP contribution in [0.3, 0.4) is 0 Å². The molecule has 0 radical (unpaired) electrons. The first-order valence-corrected chi connectivity index (χ1v) is 12.9. The highest BCUT2D eigenvalue weighted by Crippen LogP contribution is 2.38. The summed E-state index contributed by atoms with van der Waals surface area (Å²) < 4.78 is 18.9. The number of benzene rings is 3. The molecule has 180 valence electrons. The van der Waals surface area contributed by atoms with Gasteiger partial charge in [0.2, 0.25) is 5.91 Å². The molecule has 8 heteroatoms. The van der Waals surface area contributed by atoms with Gasteiger partial charge in [-0.1, -0.05) is 23.7 Å². The first-order valence-electron chi connectivity index (χ1n) is 11.5. The first-order chi connectivity index (χ1) is 17.0. The number of halogens is 2. The van der Waals surface area contributed by atoms with E-state index < -0.39 is 0 Å². The molecule has 1 aliphatic rings. The minimum Gasteiger partial charge on any atom is -0.497 e. The van der Waals surface area contributed by atoms with Crippen molar-refractivity contribution in [3.63, 3.8) is 0 Å². The number of nitrogens with zero attached hydrogens (tertiary/aromatic N) is 2. The number of amides is 1. The Kier molecular flexibility index (Phi) is 6.97. The molecule has 0 saturated carbocycles. The van der Waals surface area contributed by atoms with Crippen molar-refractivity contribution >= 4 is 56.8 Å². The molecule has 1 aliphatic heterocycles. The van der Waals surface area contributed by atoms with Gasteiger partial charge < -0.3 is 15.0 Å². The lowest BCUT2D eigenvalue weighted by molar-refractivity contribution is -0.132. The summed E-state index contributed by atoms with van der Waals surface area (Å²) in [5, 5.41) is 6.07. The van der Waals surface area contributed by atoms with Crippen LogP contribution in [-0.2, 0) is 4.79 Å². The van der Waals surface area contributed by atoms with E-state index in [4.69, 9.17) is 21.3 Å². The van der Waals surface area contributed by atoms with Crippen molar-refractivity contribution in [2.75, 3.05) is 31.3 Å². The molecule has 0 aliphatic carbocycles. The highest BCUT2D eigenvalue weighted by Gasteiger charge is 2.29. The van der Waals surface area contributed by atoms with Gasteiger partial charge in [-0.3, -0.25) is 4.79 Å². The fraction of sp³-hybridized carbons (Fsp3) is 0.259. The van der Waals surface area contributed by atoms with E-state index in [0.29, 0.717) is 24.5 Å². The largest absolute Gasteiger partial charge is 0.497 e. The van der Waals surface area contributed by atoms with Crippen molar-refractivity contribution in [1.82, 2.24) is 9.88 Å². The minimum absolute atomic E-state index is 0.0918. The van der Waals surface area contributed by atoms with E-state index >= 15 is 0 Å². The van der Waals surface area contributed by atoms with Gasteiger partial charge in [-0.05, 0) is 60.5 Å². The number of pyridine rings is 1. The summed E-state index contributed by atoms with van der Waals surface area (Å²) in [6, 6.07) is 18.0. The van der Waals surface area contributed by atoms with E-state index in [1.54, 1.807) is 31.0 Å². The summed E-state index contributed by atoms with van der Waals surface area (Å²) in [6.45, 7) is 1.27. The van der Waals surface area contributed by atoms with Gasteiger partial charge in [0.1, 0.15) is 16.9 Å².